The van der Waals surface area contributed by atoms with Crippen molar-refractivity contribution in [3.05, 3.63) is 36.2 Å². The second-order valence-electron chi connectivity index (χ2n) is 9.90. The number of anilines is 1. The second kappa shape index (κ2) is 9.16. The first-order valence-corrected chi connectivity index (χ1v) is 11.9. The van der Waals surface area contributed by atoms with E-state index >= 15 is 0 Å². The highest BCUT2D eigenvalue weighted by Crippen LogP contribution is 2.55. The summed E-state index contributed by atoms with van der Waals surface area (Å²) in [4.78, 5) is 11.5. The van der Waals surface area contributed by atoms with E-state index in [1.54, 1.807) is 6.20 Å². The van der Waals surface area contributed by atoms with Crippen molar-refractivity contribution in [3.63, 3.8) is 0 Å². The van der Waals surface area contributed by atoms with E-state index in [0.717, 1.165) is 31.0 Å². The molecule has 1 spiro atoms. The van der Waals surface area contributed by atoms with Gasteiger partial charge in [0, 0.05) is 44.2 Å². The minimum absolute atomic E-state index is 0.00822. The third-order valence-corrected chi connectivity index (χ3v) is 7.69. The molecule has 3 unspecified atom stereocenters. The van der Waals surface area contributed by atoms with Gasteiger partial charge in [0.05, 0.1) is 36.6 Å². The van der Waals surface area contributed by atoms with E-state index < -0.39 is 11.8 Å². The highest BCUT2D eigenvalue weighted by Gasteiger charge is 2.56. The third kappa shape index (κ3) is 4.20. The lowest BCUT2D eigenvalue weighted by Crippen LogP contribution is -2.54. The van der Waals surface area contributed by atoms with Gasteiger partial charge in [-0.25, -0.2) is 8.78 Å². The van der Waals surface area contributed by atoms with Gasteiger partial charge in [-0.05, 0) is 36.3 Å². The number of hydrogen-bond donors (Lipinski definition) is 1. The van der Waals surface area contributed by atoms with Gasteiger partial charge >= 0.3 is 0 Å². The van der Waals surface area contributed by atoms with Crippen LogP contribution in [0.3, 0.4) is 0 Å². The molecule has 33 heavy (non-hydrogen) atoms. The van der Waals surface area contributed by atoms with Gasteiger partial charge in [0.1, 0.15) is 0 Å². The molecule has 0 amide bonds. The minimum Gasteiger partial charge on any atom is -0.378 e. The number of aromatic nitrogens is 1. The summed E-state index contributed by atoms with van der Waals surface area (Å²) in [7, 11) is 0. The Hall–Kier alpha value is -2.29. The van der Waals surface area contributed by atoms with Gasteiger partial charge < -0.3 is 5.32 Å². The normalized spacial score (nSPS) is 33.5. The number of nitrogens with zero attached hydrogens (tertiary/aromatic N) is 5. The zero-order valence-electron chi connectivity index (χ0n) is 18.9. The van der Waals surface area contributed by atoms with Crippen LogP contribution in [-0.2, 0) is 0 Å². The van der Waals surface area contributed by atoms with Crippen molar-refractivity contribution in [1.29, 1.82) is 0 Å². The Morgan fingerprint density at radius 2 is 2.12 bits per heavy atom. The Morgan fingerprint density at radius 3 is 2.85 bits per heavy atom. The van der Waals surface area contributed by atoms with E-state index in [2.05, 4.69) is 43.4 Å². The van der Waals surface area contributed by atoms with Gasteiger partial charge in [0.2, 0.25) is 6.43 Å². The van der Waals surface area contributed by atoms with Crippen LogP contribution < -0.4 is 5.32 Å². The first kappa shape index (κ1) is 22.5. The number of azo groups is 1. The van der Waals surface area contributed by atoms with Gasteiger partial charge in [-0.1, -0.05) is 19.1 Å². The lowest BCUT2D eigenvalue weighted by molar-refractivity contribution is 0.0470. The van der Waals surface area contributed by atoms with Crippen molar-refractivity contribution in [2.75, 3.05) is 44.7 Å². The van der Waals surface area contributed by atoms with Crippen LogP contribution in [0.1, 0.15) is 31.4 Å². The van der Waals surface area contributed by atoms with Gasteiger partial charge in [0.25, 0.3) is 0 Å². The Morgan fingerprint density at radius 1 is 1.27 bits per heavy atom. The molecule has 1 fully saturated rings. The fourth-order valence-electron chi connectivity index (χ4n) is 6.22. The lowest BCUT2D eigenvalue weighted by atomic mass is 9.55. The summed E-state index contributed by atoms with van der Waals surface area (Å²) in [5, 5.41) is 11.9. The maximum Gasteiger partial charge on any atom is 0.238 e. The summed E-state index contributed by atoms with van der Waals surface area (Å²) in [6.07, 6.45) is 3.98. The molecular weight excluding hydrogens is 429 g/mol. The summed E-state index contributed by atoms with van der Waals surface area (Å²) >= 11 is 0. The number of aliphatic imine (C=N–C) groups is 1. The van der Waals surface area contributed by atoms with Crippen LogP contribution in [0.5, 0.6) is 0 Å². The fraction of sp³-hybridized carbons (Fsp3) is 0.667. The molecule has 0 saturated carbocycles. The Bertz CT molecular complexity index is 927. The molecule has 1 saturated heterocycles. The SMILES string of the molecule is C[C@H]1CN=C2N=NCC23C=C[C@H](c2ccc(NC4CN(CCCF)C4)cn2)C(CC(F)F)C13. The smallest absolute Gasteiger partial charge is 0.238 e. The summed E-state index contributed by atoms with van der Waals surface area (Å²) in [5.74, 6) is 0.460. The van der Waals surface area contributed by atoms with Crippen LogP contribution in [0.25, 0.3) is 0 Å². The Labute approximate surface area is 192 Å². The minimum atomic E-state index is -2.38. The Kier molecular flexibility index (Phi) is 6.24. The van der Waals surface area contributed by atoms with Crippen molar-refractivity contribution >= 4 is 11.5 Å². The van der Waals surface area contributed by atoms with E-state index in [4.69, 9.17) is 0 Å². The molecule has 0 bridgehead atoms. The maximum absolute atomic E-state index is 13.7. The topological polar surface area (TPSA) is 65.2 Å². The molecule has 9 heteroatoms. The van der Waals surface area contributed by atoms with Crippen LogP contribution in [-0.4, -0.2) is 67.6 Å². The standard InChI is InChI=1S/C24H31F3N6/c1-15-10-29-23-24(14-30-32-23)6-5-18(19(22(15)24)9-21(26)27)20-4-3-16(11-28-20)31-17-12-33(13-17)8-2-7-25/h3-6,11,15,17-19,21-22,31H,2,7-10,12-14H2,1H3/t15-,18-,19?,22?,24?/m0/s1. The molecule has 3 aliphatic heterocycles. The molecule has 1 aliphatic carbocycles. The van der Waals surface area contributed by atoms with Crippen LogP contribution in [0.2, 0.25) is 0 Å². The maximum atomic E-state index is 13.7. The van der Waals surface area contributed by atoms with E-state index in [0.29, 0.717) is 31.4 Å². The molecule has 6 nitrogen and oxygen atoms in total. The lowest BCUT2D eigenvalue weighted by Gasteiger charge is -2.49. The largest absolute Gasteiger partial charge is 0.378 e. The highest BCUT2D eigenvalue weighted by atomic mass is 19.3. The van der Waals surface area contributed by atoms with Gasteiger partial charge in [-0.2, -0.15) is 5.11 Å². The number of hydrogen-bond acceptors (Lipinski definition) is 6. The number of amidine groups is 1. The molecule has 0 radical (unpaired) electrons. The first-order chi connectivity index (χ1) is 16.0. The zero-order valence-corrected chi connectivity index (χ0v) is 18.9. The average molecular weight is 461 g/mol. The Balaban J connectivity index is 1.33. The van der Waals surface area contributed by atoms with E-state index in [-0.39, 0.29) is 36.8 Å². The summed E-state index contributed by atoms with van der Waals surface area (Å²) in [5.41, 5.74) is 1.29. The van der Waals surface area contributed by atoms with Crippen molar-refractivity contribution in [1.82, 2.24) is 9.88 Å². The highest BCUT2D eigenvalue weighted by molar-refractivity contribution is 5.93. The zero-order chi connectivity index (χ0) is 23.0. The second-order valence-corrected chi connectivity index (χ2v) is 9.90. The number of alkyl halides is 3. The van der Waals surface area contributed by atoms with Crippen LogP contribution >= 0.6 is 0 Å². The summed E-state index contributed by atoms with van der Waals surface area (Å²) < 4.78 is 39.8. The van der Waals surface area contributed by atoms with Gasteiger partial charge in [-0.3, -0.25) is 19.3 Å². The molecule has 5 atom stereocenters. The average Bonchev–Trinajstić information content (AvgIpc) is 3.18. The molecule has 4 heterocycles. The molecule has 1 aromatic heterocycles. The number of halogens is 3. The number of rotatable bonds is 8. The first-order valence-electron chi connectivity index (χ1n) is 11.9. The summed E-state index contributed by atoms with van der Waals surface area (Å²) in [6, 6.07) is 4.27. The van der Waals surface area contributed by atoms with Crippen LogP contribution in [0.15, 0.2) is 45.7 Å². The van der Waals surface area contributed by atoms with Crippen molar-refractivity contribution < 1.29 is 13.2 Å². The molecule has 5 rings (SSSR count). The quantitative estimate of drug-likeness (QED) is 0.578. The van der Waals surface area contributed by atoms with E-state index in [1.807, 2.05) is 18.2 Å². The molecule has 1 N–H and O–H groups in total. The predicted molar refractivity (Wildman–Crippen MR) is 122 cm³/mol. The predicted octanol–water partition coefficient (Wildman–Crippen LogP) is 4.58. The van der Waals surface area contributed by atoms with E-state index in [1.165, 1.54) is 0 Å². The molecule has 4 aliphatic rings. The van der Waals surface area contributed by atoms with E-state index in [9.17, 15) is 13.2 Å². The molecule has 178 valence electrons. The number of likely N-dealkylation sites (tertiary alicyclic amines) is 1. The molecule has 1 aromatic rings. The van der Waals surface area contributed by atoms with Gasteiger partial charge in [0.15, 0.2) is 5.84 Å². The monoisotopic (exact) mass is 460 g/mol. The number of nitrogens with one attached hydrogen (secondary N) is 1. The third-order valence-electron chi connectivity index (χ3n) is 7.69. The van der Waals surface area contributed by atoms with Gasteiger partial charge in [-0.15, -0.1) is 5.11 Å². The molecule has 0 aromatic carbocycles. The summed E-state index contributed by atoms with van der Waals surface area (Å²) in [6.45, 7) is 5.50. The molecular formula is C24H31F3N6. The van der Waals surface area contributed by atoms with Crippen LogP contribution in [0, 0.1) is 23.2 Å². The van der Waals surface area contributed by atoms with Crippen molar-refractivity contribution in [3.8, 4) is 0 Å². The number of allylic oxidation sites excluding steroid dienone is 1. The van der Waals surface area contributed by atoms with Crippen molar-refractivity contribution in [2.24, 2.45) is 38.4 Å². The fourth-order valence-corrected chi connectivity index (χ4v) is 6.22. The van der Waals surface area contributed by atoms with Crippen molar-refractivity contribution in [2.45, 2.75) is 38.2 Å². The number of pyridine rings is 1. The van der Waals surface area contributed by atoms with Crippen LogP contribution in [0.4, 0.5) is 18.9 Å².